The van der Waals surface area contributed by atoms with E-state index in [9.17, 15) is 4.79 Å². The maximum absolute atomic E-state index is 12.8. The highest BCUT2D eigenvalue weighted by Gasteiger charge is 2.21. The van der Waals surface area contributed by atoms with Crippen molar-refractivity contribution < 1.29 is 18.8 Å². The fourth-order valence-electron chi connectivity index (χ4n) is 3.89. The second kappa shape index (κ2) is 10.5. The van der Waals surface area contributed by atoms with Gasteiger partial charge in [0, 0.05) is 15.6 Å². The van der Waals surface area contributed by atoms with E-state index >= 15 is 0 Å². The molecular weight excluding hydrogens is 488 g/mol. The van der Waals surface area contributed by atoms with Crippen molar-refractivity contribution in [3.63, 3.8) is 0 Å². The van der Waals surface area contributed by atoms with Crippen LogP contribution in [0, 0.1) is 12.3 Å². The number of anilines is 1. The smallest absolute Gasteiger partial charge is 0.411 e. The van der Waals surface area contributed by atoms with Gasteiger partial charge in [-0.15, -0.1) is 11.3 Å². The van der Waals surface area contributed by atoms with Gasteiger partial charge in [0.05, 0.1) is 4.88 Å². The van der Waals surface area contributed by atoms with E-state index in [1.165, 1.54) is 11.3 Å². The van der Waals surface area contributed by atoms with Gasteiger partial charge in [-0.2, -0.15) is 0 Å². The maximum atomic E-state index is 12.8. The molecule has 0 aliphatic rings. The van der Waals surface area contributed by atoms with Crippen molar-refractivity contribution in [2.75, 3.05) is 11.9 Å². The molecule has 0 saturated heterocycles. The lowest BCUT2D eigenvalue weighted by Crippen LogP contribution is -2.21. The lowest BCUT2D eigenvalue weighted by molar-refractivity contribution is 0.0910. The predicted octanol–water partition coefficient (Wildman–Crippen LogP) is 6.52. The molecule has 3 aromatic carbocycles. The van der Waals surface area contributed by atoms with Crippen LogP contribution in [0.3, 0.4) is 0 Å². The number of aryl methyl sites for hydroxylation is 1. The minimum Gasteiger partial charge on any atom is -0.481 e. The fourth-order valence-corrected chi connectivity index (χ4v) is 4.83. The highest BCUT2D eigenvalue weighted by Crippen LogP contribution is 2.35. The van der Waals surface area contributed by atoms with E-state index in [4.69, 9.17) is 25.1 Å². The molecule has 0 aliphatic heterocycles. The van der Waals surface area contributed by atoms with Crippen LogP contribution in [-0.2, 0) is 4.74 Å². The van der Waals surface area contributed by atoms with Crippen LogP contribution in [0.15, 0.2) is 89.5 Å². The molecule has 5 aromatic rings. The third-order valence-electron chi connectivity index (χ3n) is 5.73. The summed E-state index contributed by atoms with van der Waals surface area (Å²) >= 11 is 1.42. The molecule has 1 amide bonds. The van der Waals surface area contributed by atoms with E-state index in [1.54, 1.807) is 6.92 Å². The summed E-state index contributed by atoms with van der Waals surface area (Å²) in [6.07, 6.45) is -1.23. The summed E-state index contributed by atoms with van der Waals surface area (Å²) in [7, 11) is 0. The van der Waals surface area contributed by atoms with Crippen LogP contribution in [-0.4, -0.2) is 23.7 Å². The van der Waals surface area contributed by atoms with E-state index in [0.29, 0.717) is 27.8 Å². The molecule has 8 nitrogen and oxygen atoms in total. The number of nitrogens with one attached hydrogen (secondary N) is 2. The van der Waals surface area contributed by atoms with Gasteiger partial charge in [-0.05, 0) is 30.7 Å². The zero-order valence-corrected chi connectivity index (χ0v) is 20.7. The number of carbonyl (C=O) groups excluding carboxylic acids is 1. The Bertz CT molecular complexity index is 1550. The van der Waals surface area contributed by atoms with Crippen LogP contribution in [0.2, 0.25) is 0 Å². The van der Waals surface area contributed by atoms with E-state index in [-0.39, 0.29) is 12.4 Å². The Kier molecular flexibility index (Phi) is 6.87. The Labute approximate surface area is 217 Å². The molecule has 0 saturated carbocycles. The molecule has 2 aromatic heterocycles. The van der Waals surface area contributed by atoms with Crippen LogP contribution in [0.5, 0.6) is 5.75 Å². The van der Waals surface area contributed by atoms with Crippen molar-refractivity contribution in [1.29, 1.82) is 5.41 Å². The van der Waals surface area contributed by atoms with Crippen LogP contribution < -0.4 is 15.8 Å². The van der Waals surface area contributed by atoms with Gasteiger partial charge >= 0.3 is 6.09 Å². The number of hydrogen-bond donors (Lipinski definition) is 3. The molecule has 4 N–H and O–H groups in total. The molecule has 1 atom stereocenters. The number of ether oxygens (including phenoxy) is 2. The Hall–Kier alpha value is -4.63. The molecule has 0 aliphatic carbocycles. The van der Waals surface area contributed by atoms with Gasteiger partial charge in [0.15, 0.2) is 11.9 Å². The van der Waals surface area contributed by atoms with Crippen LogP contribution in [0.1, 0.15) is 22.3 Å². The van der Waals surface area contributed by atoms with Gasteiger partial charge in [0.25, 0.3) is 0 Å². The van der Waals surface area contributed by atoms with Crippen molar-refractivity contribution in [3.8, 4) is 17.0 Å². The molecule has 2 heterocycles. The third-order valence-corrected chi connectivity index (χ3v) is 6.86. The zero-order valence-electron chi connectivity index (χ0n) is 19.9. The zero-order chi connectivity index (χ0) is 25.8. The van der Waals surface area contributed by atoms with Gasteiger partial charge in [-0.1, -0.05) is 71.9 Å². The second-order valence-electron chi connectivity index (χ2n) is 8.26. The number of hydrogen-bond acceptors (Lipinski definition) is 7. The standard InChI is InChI=1S/C28H24N4O4S/c1-17-25(26(32-36-17)19-11-6-3-7-12-19)31-28(33)34-16-22(18-9-4-2-5-10-18)35-21-13-8-14-23-20(21)15-24(37-23)27(29)30/h2-15,22H,16H2,1H3,(H3,29,30)(H,31,33). The van der Waals surface area contributed by atoms with Crippen molar-refractivity contribution >= 4 is 39.0 Å². The van der Waals surface area contributed by atoms with Crippen LogP contribution in [0.4, 0.5) is 10.5 Å². The highest BCUT2D eigenvalue weighted by molar-refractivity contribution is 7.20. The minimum atomic E-state index is -0.652. The Morgan fingerprint density at radius 3 is 2.54 bits per heavy atom. The molecule has 0 fully saturated rings. The first-order valence-corrected chi connectivity index (χ1v) is 12.4. The second-order valence-corrected chi connectivity index (χ2v) is 9.35. The number of rotatable bonds is 8. The quantitative estimate of drug-likeness (QED) is 0.161. The molecule has 0 bridgehead atoms. The first-order valence-electron chi connectivity index (χ1n) is 11.5. The number of amidine groups is 1. The van der Waals surface area contributed by atoms with Gasteiger partial charge < -0.3 is 19.7 Å². The minimum absolute atomic E-state index is 0.00525. The van der Waals surface area contributed by atoms with E-state index < -0.39 is 12.2 Å². The van der Waals surface area contributed by atoms with Gasteiger partial charge in [-0.25, -0.2) is 4.79 Å². The molecular formula is C28H24N4O4S. The Morgan fingerprint density at radius 2 is 1.81 bits per heavy atom. The maximum Gasteiger partial charge on any atom is 0.411 e. The number of nitrogens with two attached hydrogens (primary N) is 1. The molecule has 0 radical (unpaired) electrons. The summed E-state index contributed by atoms with van der Waals surface area (Å²) < 4.78 is 18.2. The van der Waals surface area contributed by atoms with Gasteiger partial charge in [0.2, 0.25) is 0 Å². The third kappa shape index (κ3) is 5.31. The number of carbonyl (C=O) groups is 1. The molecule has 1 unspecified atom stereocenters. The lowest BCUT2D eigenvalue weighted by atomic mass is 10.1. The summed E-state index contributed by atoms with van der Waals surface area (Å²) in [5.41, 5.74) is 8.33. The monoisotopic (exact) mass is 512 g/mol. The van der Waals surface area contributed by atoms with Crippen molar-refractivity contribution in [1.82, 2.24) is 5.16 Å². The topological polar surface area (TPSA) is 123 Å². The highest BCUT2D eigenvalue weighted by atomic mass is 32.1. The van der Waals surface area contributed by atoms with E-state index in [1.807, 2.05) is 84.9 Å². The Balaban J connectivity index is 1.35. The summed E-state index contributed by atoms with van der Waals surface area (Å²) in [5, 5.41) is 15.5. The van der Waals surface area contributed by atoms with E-state index in [0.717, 1.165) is 21.2 Å². The number of benzene rings is 3. The summed E-state index contributed by atoms with van der Waals surface area (Å²) in [4.78, 5) is 13.5. The van der Waals surface area contributed by atoms with Crippen LogP contribution >= 0.6 is 11.3 Å². The molecule has 186 valence electrons. The summed E-state index contributed by atoms with van der Waals surface area (Å²) in [6, 6.07) is 26.5. The summed E-state index contributed by atoms with van der Waals surface area (Å²) in [5.74, 6) is 1.09. The SMILES string of the molecule is Cc1onc(-c2ccccc2)c1NC(=O)OCC(Oc1cccc2sc(C(=N)N)cc12)c1ccccc1. The van der Waals surface area contributed by atoms with Crippen molar-refractivity contribution in [2.24, 2.45) is 5.73 Å². The van der Waals surface area contributed by atoms with Crippen molar-refractivity contribution in [2.45, 2.75) is 13.0 Å². The Morgan fingerprint density at radius 1 is 1.08 bits per heavy atom. The molecule has 37 heavy (non-hydrogen) atoms. The number of nitrogen functional groups attached to an aromatic ring is 1. The number of thiophene rings is 1. The lowest BCUT2D eigenvalue weighted by Gasteiger charge is -2.20. The van der Waals surface area contributed by atoms with Crippen LogP contribution in [0.25, 0.3) is 21.3 Å². The fraction of sp³-hybridized carbons (Fsp3) is 0.107. The largest absolute Gasteiger partial charge is 0.481 e. The molecule has 0 spiro atoms. The number of fused-ring (bicyclic) bond motifs is 1. The molecule has 5 rings (SSSR count). The normalized spacial score (nSPS) is 11.7. The van der Waals surface area contributed by atoms with E-state index in [2.05, 4.69) is 10.5 Å². The predicted molar refractivity (Wildman–Crippen MR) is 144 cm³/mol. The first-order chi connectivity index (χ1) is 18.0. The van der Waals surface area contributed by atoms with Crippen molar-refractivity contribution in [3.05, 3.63) is 101 Å². The first kappa shape index (κ1) is 24.1. The number of nitrogens with zero attached hydrogens (tertiary/aromatic N) is 1. The number of aromatic nitrogens is 1. The molecule has 9 heteroatoms. The van der Waals surface area contributed by atoms with Gasteiger partial charge in [0.1, 0.15) is 29.6 Å². The number of amides is 1. The summed E-state index contributed by atoms with van der Waals surface area (Å²) in [6.45, 7) is 1.68. The van der Waals surface area contributed by atoms with Gasteiger partial charge in [-0.3, -0.25) is 10.7 Å². The average molecular weight is 513 g/mol. The average Bonchev–Trinajstić information content (AvgIpc) is 3.52.